The van der Waals surface area contributed by atoms with Crippen molar-refractivity contribution >= 4 is 22.2 Å². The molecule has 0 radical (unpaired) electrons. The summed E-state index contributed by atoms with van der Waals surface area (Å²) in [5, 5.41) is 7.00. The Morgan fingerprint density at radius 1 is 1.16 bits per heavy atom. The van der Waals surface area contributed by atoms with Crippen molar-refractivity contribution in [3.05, 3.63) is 57.9 Å². The Balaban J connectivity index is 1.63. The molecule has 2 N–H and O–H groups in total. The van der Waals surface area contributed by atoms with Crippen LogP contribution in [0.15, 0.2) is 41.8 Å². The molecule has 0 amide bonds. The van der Waals surface area contributed by atoms with Crippen molar-refractivity contribution in [2.45, 2.75) is 19.9 Å². The normalized spacial score (nSPS) is 11.2. The van der Waals surface area contributed by atoms with E-state index in [1.165, 1.54) is 27.0 Å². The average Bonchev–Trinajstić information content (AvgIpc) is 3.02. The molecule has 0 bridgehead atoms. The van der Waals surface area contributed by atoms with Crippen LogP contribution in [0.3, 0.4) is 0 Å². The van der Waals surface area contributed by atoms with Gasteiger partial charge in [0.05, 0.1) is 0 Å². The maximum Gasteiger partial charge on any atom is 0.0458 e. The Bertz CT molecular complexity index is 653. The van der Waals surface area contributed by atoms with Crippen molar-refractivity contribution in [1.82, 2.24) is 10.3 Å². The van der Waals surface area contributed by atoms with Gasteiger partial charge < -0.3 is 10.3 Å². The highest BCUT2D eigenvalue weighted by Gasteiger charge is 2.06. The molecule has 0 saturated heterocycles. The summed E-state index contributed by atoms with van der Waals surface area (Å²) in [5.41, 5.74) is 3.97. The first-order valence-corrected chi connectivity index (χ1v) is 7.52. The lowest BCUT2D eigenvalue weighted by Gasteiger charge is -2.04. The molecule has 1 aromatic carbocycles. The van der Waals surface area contributed by atoms with Gasteiger partial charge in [-0.15, -0.1) is 11.3 Å². The molecule has 0 unspecified atom stereocenters. The average molecular weight is 270 g/mol. The minimum atomic E-state index is 0.971. The van der Waals surface area contributed by atoms with Crippen molar-refractivity contribution in [2.24, 2.45) is 0 Å². The van der Waals surface area contributed by atoms with Crippen LogP contribution in [0.4, 0.5) is 0 Å². The molecule has 2 aromatic heterocycles. The Morgan fingerprint density at radius 2 is 2.05 bits per heavy atom. The fraction of sp³-hybridized carbons (Fsp3) is 0.250. The van der Waals surface area contributed by atoms with Crippen molar-refractivity contribution < 1.29 is 0 Å². The van der Waals surface area contributed by atoms with E-state index in [1.807, 2.05) is 11.3 Å². The number of nitrogens with one attached hydrogen (secondary N) is 2. The van der Waals surface area contributed by atoms with Crippen LogP contribution in [-0.2, 0) is 13.0 Å². The number of hydrogen-bond acceptors (Lipinski definition) is 2. The van der Waals surface area contributed by atoms with Crippen LogP contribution in [0.25, 0.3) is 10.9 Å². The van der Waals surface area contributed by atoms with Gasteiger partial charge in [0, 0.05) is 28.0 Å². The van der Waals surface area contributed by atoms with Crippen LogP contribution in [0.1, 0.15) is 16.1 Å². The first kappa shape index (κ1) is 12.5. The van der Waals surface area contributed by atoms with E-state index in [-0.39, 0.29) is 0 Å². The predicted molar refractivity (Wildman–Crippen MR) is 82.8 cm³/mol. The second kappa shape index (κ2) is 5.59. The minimum absolute atomic E-state index is 0.971. The van der Waals surface area contributed by atoms with Gasteiger partial charge in [0.25, 0.3) is 0 Å². The first-order chi connectivity index (χ1) is 9.34. The Morgan fingerprint density at radius 3 is 2.89 bits per heavy atom. The summed E-state index contributed by atoms with van der Waals surface area (Å²) in [5.74, 6) is 0. The summed E-state index contributed by atoms with van der Waals surface area (Å²) in [4.78, 5) is 4.85. The lowest BCUT2D eigenvalue weighted by molar-refractivity contribution is 0.693. The van der Waals surface area contributed by atoms with Crippen molar-refractivity contribution in [3.8, 4) is 0 Å². The molecule has 0 atom stereocenters. The highest BCUT2D eigenvalue weighted by Crippen LogP contribution is 2.21. The quantitative estimate of drug-likeness (QED) is 0.677. The predicted octanol–water partition coefficient (Wildman–Crippen LogP) is 3.87. The Hall–Kier alpha value is -1.58. The third-order valence-electron chi connectivity index (χ3n) is 3.46. The zero-order chi connectivity index (χ0) is 13.1. The maximum absolute atomic E-state index is 3.51. The molecule has 0 aliphatic carbocycles. The number of aromatic nitrogens is 1. The highest BCUT2D eigenvalue weighted by molar-refractivity contribution is 7.09. The van der Waals surface area contributed by atoms with Gasteiger partial charge in [-0.3, -0.25) is 0 Å². The lowest BCUT2D eigenvalue weighted by Crippen LogP contribution is -2.16. The number of aryl methyl sites for hydroxylation is 1. The van der Waals surface area contributed by atoms with Gasteiger partial charge in [-0.1, -0.05) is 24.3 Å². The van der Waals surface area contributed by atoms with E-state index in [2.05, 4.69) is 59.0 Å². The van der Waals surface area contributed by atoms with E-state index < -0.39 is 0 Å². The zero-order valence-corrected chi connectivity index (χ0v) is 11.9. The summed E-state index contributed by atoms with van der Waals surface area (Å²) in [7, 11) is 0. The molecule has 2 nitrogen and oxygen atoms in total. The minimum Gasteiger partial charge on any atom is -0.358 e. The third kappa shape index (κ3) is 2.72. The highest BCUT2D eigenvalue weighted by atomic mass is 32.1. The van der Waals surface area contributed by atoms with Gasteiger partial charge >= 0.3 is 0 Å². The molecule has 3 heteroatoms. The first-order valence-electron chi connectivity index (χ1n) is 6.64. The molecule has 0 spiro atoms. The summed E-state index contributed by atoms with van der Waals surface area (Å²) >= 11 is 1.81. The monoisotopic (exact) mass is 270 g/mol. The van der Waals surface area contributed by atoms with E-state index >= 15 is 0 Å². The molecule has 0 aliphatic rings. The number of hydrogen-bond donors (Lipinski definition) is 2. The summed E-state index contributed by atoms with van der Waals surface area (Å²) in [6.45, 7) is 4.15. The van der Waals surface area contributed by atoms with Crippen molar-refractivity contribution in [3.63, 3.8) is 0 Å². The molecule has 98 valence electrons. The van der Waals surface area contributed by atoms with E-state index in [0.717, 1.165) is 19.5 Å². The Labute approximate surface area is 117 Å². The summed E-state index contributed by atoms with van der Waals surface area (Å²) in [6, 6.07) is 12.8. The number of thiophene rings is 1. The molecular formula is C16H18N2S. The number of rotatable bonds is 5. The standard InChI is InChI=1S/C16H18N2S/c1-12-14(15-6-2-3-7-16(15)18-12)8-9-17-11-13-5-4-10-19-13/h2-7,10,17-18H,8-9,11H2,1H3. The molecule has 19 heavy (non-hydrogen) atoms. The second-order valence-electron chi connectivity index (χ2n) is 4.78. The van der Waals surface area contributed by atoms with E-state index in [1.54, 1.807) is 0 Å². The molecule has 3 rings (SSSR count). The summed E-state index contributed by atoms with van der Waals surface area (Å²) < 4.78 is 0. The third-order valence-corrected chi connectivity index (χ3v) is 4.33. The lowest BCUT2D eigenvalue weighted by atomic mass is 10.1. The Kier molecular flexibility index (Phi) is 3.67. The van der Waals surface area contributed by atoms with Crippen LogP contribution in [0, 0.1) is 6.92 Å². The van der Waals surface area contributed by atoms with E-state index in [4.69, 9.17) is 0 Å². The molecule has 0 saturated carbocycles. The van der Waals surface area contributed by atoms with E-state index in [9.17, 15) is 0 Å². The molecule has 0 aliphatic heterocycles. The van der Waals surface area contributed by atoms with Crippen molar-refractivity contribution in [1.29, 1.82) is 0 Å². The topological polar surface area (TPSA) is 27.8 Å². The number of fused-ring (bicyclic) bond motifs is 1. The van der Waals surface area contributed by atoms with Gasteiger partial charge in [0.2, 0.25) is 0 Å². The van der Waals surface area contributed by atoms with Crippen LogP contribution in [0.2, 0.25) is 0 Å². The van der Waals surface area contributed by atoms with Gasteiger partial charge in [0.15, 0.2) is 0 Å². The zero-order valence-electron chi connectivity index (χ0n) is 11.1. The van der Waals surface area contributed by atoms with Gasteiger partial charge in [0.1, 0.15) is 0 Å². The second-order valence-corrected chi connectivity index (χ2v) is 5.81. The van der Waals surface area contributed by atoms with E-state index in [0.29, 0.717) is 0 Å². The smallest absolute Gasteiger partial charge is 0.0458 e. The maximum atomic E-state index is 3.51. The van der Waals surface area contributed by atoms with Crippen molar-refractivity contribution in [2.75, 3.05) is 6.54 Å². The largest absolute Gasteiger partial charge is 0.358 e. The fourth-order valence-electron chi connectivity index (χ4n) is 2.50. The molecular weight excluding hydrogens is 252 g/mol. The molecule has 2 heterocycles. The summed E-state index contributed by atoms with van der Waals surface area (Å²) in [6.07, 6.45) is 1.07. The number of H-pyrrole nitrogens is 1. The van der Waals surface area contributed by atoms with Gasteiger partial charge in [-0.05, 0) is 43.0 Å². The van der Waals surface area contributed by atoms with Gasteiger partial charge in [-0.2, -0.15) is 0 Å². The molecule has 3 aromatic rings. The van der Waals surface area contributed by atoms with Crippen LogP contribution in [-0.4, -0.2) is 11.5 Å². The number of aromatic amines is 1. The molecule has 0 fully saturated rings. The SMILES string of the molecule is Cc1[nH]c2ccccc2c1CCNCc1cccs1. The number of para-hydroxylation sites is 1. The number of benzene rings is 1. The van der Waals surface area contributed by atoms with Crippen LogP contribution < -0.4 is 5.32 Å². The fourth-order valence-corrected chi connectivity index (χ4v) is 3.17. The van der Waals surface area contributed by atoms with Gasteiger partial charge in [-0.25, -0.2) is 0 Å². The van der Waals surface area contributed by atoms with Crippen LogP contribution >= 0.6 is 11.3 Å². The van der Waals surface area contributed by atoms with Crippen LogP contribution in [0.5, 0.6) is 0 Å².